The molecule has 1 N–H and O–H groups in total. The van der Waals surface area contributed by atoms with Gasteiger partial charge in [-0.05, 0) is 31.6 Å². The van der Waals surface area contributed by atoms with Crippen LogP contribution in [0.3, 0.4) is 0 Å². The molecule has 1 aliphatic heterocycles. The predicted octanol–water partition coefficient (Wildman–Crippen LogP) is 0.846. The van der Waals surface area contributed by atoms with E-state index in [9.17, 15) is 18.0 Å². The lowest BCUT2D eigenvalue weighted by molar-refractivity contribution is -0.140. The van der Waals surface area contributed by atoms with E-state index in [1.54, 1.807) is 0 Å². The first-order chi connectivity index (χ1) is 9.85. The number of aliphatic carboxylic acids is 1. The van der Waals surface area contributed by atoms with Gasteiger partial charge < -0.3 is 9.84 Å². The molecule has 0 saturated carbocycles. The van der Waals surface area contributed by atoms with Crippen molar-refractivity contribution >= 4 is 22.0 Å². The van der Waals surface area contributed by atoms with Gasteiger partial charge in [0.05, 0.1) is 12.9 Å². The average molecular weight is 321 g/mol. The Morgan fingerprint density at radius 3 is 2.67 bits per heavy atom. The summed E-state index contributed by atoms with van der Waals surface area (Å²) in [5.74, 6) is -1.24. The zero-order valence-electron chi connectivity index (χ0n) is 12.3. The van der Waals surface area contributed by atoms with Crippen LogP contribution in [-0.4, -0.2) is 55.7 Å². The lowest BCUT2D eigenvalue weighted by Gasteiger charge is -2.31. The molecule has 0 aromatic carbocycles. The number of esters is 1. The monoisotopic (exact) mass is 321 g/mol. The van der Waals surface area contributed by atoms with E-state index in [0.29, 0.717) is 19.5 Å². The van der Waals surface area contributed by atoms with Crippen LogP contribution in [0.2, 0.25) is 0 Å². The van der Waals surface area contributed by atoms with Crippen LogP contribution in [0.1, 0.15) is 38.5 Å². The van der Waals surface area contributed by atoms with Crippen molar-refractivity contribution in [3.05, 3.63) is 0 Å². The van der Waals surface area contributed by atoms with Crippen molar-refractivity contribution in [3.8, 4) is 0 Å². The number of carbonyl (C=O) groups is 2. The average Bonchev–Trinajstić information content (AvgIpc) is 2.45. The van der Waals surface area contributed by atoms with E-state index in [-0.39, 0.29) is 30.9 Å². The zero-order valence-corrected chi connectivity index (χ0v) is 13.1. The van der Waals surface area contributed by atoms with E-state index in [1.165, 1.54) is 11.4 Å². The Morgan fingerprint density at radius 2 is 2.05 bits per heavy atom. The number of hydrogen-bond acceptors (Lipinski definition) is 5. The van der Waals surface area contributed by atoms with Gasteiger partial charge in [0.1, 0.15) is 0 Å². The molecule has 1 fully saturated rings. The third-order valence-corrected chi connectivity index (χ3v) is 5.58. The molecule has 8 heteroatoms. The molecule has 0 aliphatic carbocycles. The topological polar surface area (TPSA) is 101 Å². The highest BCUT2D eigenvalue weighted by molar-refractivity contribution is 7.89. The van der Waals surface area contributed by atoms with Crippen LogP contribution in [-0.2, 0) is 24.3 Å². The standard InChI is InChI=1S/C13H23NO6S/c1-20-13(17)5-3-9-21(18,19)14-8-2-4-11(10-14)6-7-12(15)16/h11H,2-10H2,1H3,(H,15,16). The third-order valence-electron chi connectivity index (χ3n) is 3.65. The number of methoxy groups -OCH3 is 1. The Balaban J connectivity index is 2.46. The summed E-state index contributed by atoms with van der Waals surface area (Å²) < 4.78 is 30.3. The molecule has 1 atom stereocenters. The fraction of sp³-hybridized carbons (Fsp3) is 0.846. The predicted molar refractivity (Wildman–Crippen MR) is 76.2 cm³/mol. The molecule has 0 aromatic heterocycles. The molecular formula is C13H23NO6S. The van der Waals surface area contributed by atoms with E-state index in [4.69, 9.17) is 5.11 Å². The van der Waals surface area contributed by atoms with Crippen LogP contribution in [0.5, 0.6) is 0 Å². The Hall–Kier alpha value is -1.15. The Labute approximate surface area is 125 Å². The van der Waals surface area contributed by atoms with Crippen LogP contribution in [0.4, 0.5) is 0 Å². The first-order valence-corrected chi connectivity index (χ1v) is 8.72. The number of carbonyl (C=O) groups excluding carboxylic acids is 1. The molecule has 7 nitrogen and oxygen atoms in total. The summed E-state index contributed by atoms with van der Waals surface area (Å²) >= 11 is 0. The van der Waals surface area contributed by atoms with E-state index >= 15 is 0 Å². The first-order valence-electron chi connectivity index (χ1n) is 7.11. The Kier molecular flexibility index (Phi) is 7.10. The van der Waals surface area contributed by atoms with Gasteiger partial charge in [-0.15, -0.1) is 0 Å². The maximum absolute atomic E-state index is 12.2. The number of rotatable bonds is 8. The van der Waals surface area contributed by atoms with E-state index in [2.05, 4.69) is 4.74 Å². The quantitative estimate of drug-likeness (QED) is 0.665. The first kappa shape index (κ1) is 17.9. The van der Waals surface area contributed by atoms with Crippen LogP contribution in [0, 0.1) is 5.92 Å². The summed E-state index contributed by atoms with van der Waals surface area (Å²) in [6.45, 7) is 0.859. The third kappa shape index (κ3) is 6.43. The second-order valence-electron chi connectivity index (χ2n) is 5.29. The summed E-state index contributed by atoms with van der Waals surface area (Å²) in [6, 6.07) is 0. The molecule has 1 rings (SSSR count). The van der Waals surface area contributed by atoms with E-state index < -0.39 is 22.0 Å². The van der Waals surface area contributed by atoms with E-state index in [0.717, 1.165) is 12.8 Å². The van der Waals surface area contributed by atoms with Gasteiger partial charge in [0.25, 0.3) is 0 Å². The number of sulfonamides is 1. The van der Waals surface area contributed by atoms with Gasteiger partial charge in [0.15, 0.2) is 0 Å². The summed E-state index contributed by atoms with van der Waals surface area (Å²) in [7, 11) is -2.11. The highest BCUT2D eigenvalue weighted by Crippen LogP contribution is 2.23. The highest BCUT2D eigenvalue weighted by Gasteiger charge is 2.28. The molecule has 0 spiro atoms. The maximum Gasteiger partial charge on any atom is 0.305 e. The molecule has 122 valence electrons. The van der Waals surface area contributed by atoms with Crippen molar-refractivity contribution in [2.45, 2.75) is 38.5 Å². The fourth-order valence-corrected chi connectivity index (χ4v) is 4.09. The highest BCUT2D eigenvalue weighted by atomic mass is 32.2. The van der Waals surface area contributed by atoms with Crippen molar-refractivity contribution in [3.63, 3.8) is 0 Å². The molecule has 1 unspecified atom stereocenters. The van der Waals surface area contributed by atoms with Gasteiger partial charge in [-0.1, -0.05) is 0 Å². The second kappa shape index (κ2) is 8.33. The lowest BCUT2D eigenvalue weighted by atomic mass is 9.95. The van der Waals surface area contributed by atoms with Gasteiger partial charge in [-0.3, -0.25) is 9.59 Å². The van der Waals surface area contributed by atoms with Gasteiger partial charge in [-0.2, -0.15) is 0 Å². The van der Waals surface area contributed by atoms with Crippen molar-refractivity contribution < 1.29 is 27.9 Å². The van der Waals surface area contributed by atoms with Crippen LogP contribution in [0.25, 0.3) is 0 Å². The van der Waals surface area contributed by atoms with Crippen LogP contribution < -0.4 is 0 Å². The van der Waals surface area contributed by atoms with Gasteiger partial charge >= 0.3 is 11.9 Å². The maximum atomic E-state index is 12.2. The lowest BCUT2D eigenvalue weighted by Crippen LogP contribution is -2.41. The van der Waals surface area contributed by atoms with E-state index in [1.807, 2.05) is 0 Å². The Bertz CT molecular complexity index is 461. The number of hydrogen-bond donors (Lipinski definition) is 1. The minimum Gasteiger partial charge on any atom is -0.481 e. The number of piperidine rings is 1. The van der Waals surface area contributed by atoms with Crippen molar-refractivity contribution in [1.29, 1.82) is 0 Å². The molecule has 0 bridgehead atoms. The largest absolute Gasteiger partial charge is 0.481 e. The molecule has 1 aliphatic rings. The summed E-state index contributed by atoms with van der Waals surface area (Å²) in [5, 5.41) is 8.69. The SMILES string of the molecule is COC(=O)CCCS(=O)(=O)N1CCCC(CCC(=O)O)C1. The second-order valence-corrected chi connectivity index (χ2v) is 7.38. The Morgan fingerprint density at radius 1 is 1.33 bits per heavy atom. The number of nitrogens with zero attached hydrogens (tertiary/aromatic N) is 1. The minimum atomic E-state index is -3.38. The molecule has 0 radical (unpaired) electrons. The molecule has 0 aromatic rings. The molecule has 1 saturated heterocycles. The van der Waals surface area contributed by atoms with Crippen LogP contribution in [0.15, 0.2) is 0 Å². The number of carboxylic acids is 1. The number of ether oxygens (including phenoxy) is 1. The molecular weight excluding hydrogens is 298 g/mol. The van der Waals surface area contributed by atoms with Crippen molar-refractivity contribution in [2.24, 2.45) is 5.92 Å². The summed E-state index contributed by atoms with van der Waals surface area (Å²) in [4.78, 5) is 21.6. The normalized spacial score (nSPS) is 20.1. The summed E-state index contributed by atoms with van der Waals surface area (Å²) in [6.07, 6.45) is 2.52. The van der Waals surface area contributed by atoms with Gasteiger partial charge in [0, 0.05) is 25.9 Å². The molecule has 1 heterocycles. The fourth-order valence-electron chi connectivity index (χ4n) is 2.47. The zero-order chi connectivity index (χ0) is 15.9. The van der Waals surface area contributed by atoms with Gasteiger partial charge in [-0.25, -0.2) is 12.7 Å². The van der Waals surface area contributed by atoms with Crippen molar-refractivity contribution in [2.75, 3.05) is 26.0 Å². The smallest absolute Gasteiger partial charge is 0.305 e. The van der Waals surface area contributed by atoms with Crippen molar-refractivity contribution in [1.82, 2.24) is 4.31 Å². The molecule has 21 heavy (non-hydrogen) atoms. The summed E-state index contributed by atoms with van der Waals surface area (Å²) in [5.41, 5.74) is 0. The van der Waals surface area contributed by atoms with Crippen LogP contribution >= 0.6 is 0 Å². The van der Waals surface area contributed by atoms with Gasteiger partial charge in [0.2, 0.25) is 10.0 Å². The number of carboxylic acid groups (broad SMARTS) is 1. The minimum absolute atomic E-state index is 0.0703. The molecule has 0 amide bonds.